The largest absolute Gasteiger partial charge is 0.355 e. The number of aromatic nitrogens is 1. The summed E-state index contributed by atoms with van der Waals surface area (Å²) in [6, 6.07) is 9.90. The van der Waals surface area contributed by atoms with Gasteiger partial charge in [-0.25, -0.2) is 0 Å². The fourth-order valence-corrected chi connectivity index (χ4v) is 2.44. The molecule has 0 saturated heterocycles. The Hall–Kier alpha value is -1.94. The van der Waals surface area contributed by atoms with Crippen LogP contribution in [-0.4, -0.2) is 42.0 Å². The average molecular weight is 285 g/mol. The van der Waals surface area contributed by atoms with Crippen LogP contribution in [-0.2, 0) is 11.2 Å². The van der Waals surface area contributed by atoms with Gasteiger partial charge in [0.05, 0.1) is 11.9 Å². The summed E-state index contributed by atoms with van der Waals surface area (Å²) in [4.78, 5) is 18.7. The van der Waals surface area contributed by atoms with Crippen molar-refractivity contribution < 1.29 is 4.79 Å². The van der Waals surface area contributed by atoms with Gasteiger partial charge in [-0.1, -0.05) is 38.1 Å². The highest BCUT2D eigenvalue weighted by molar-refractivity contribution is 5.87. The second kappa shape index (κ2) is 7.74. The van der Waals surface area contributed by atoms with E-state index < -0.39 is 0 Å². The summed E-state index contributed by atoms with van der Waals surface area (Å²) in [5.41, 5.74) is 1.90. The van der Waals surface area contributed by atoms with Gasteiger partial charge < -0.3 is 10.2 Å². The van der Waals surface area contributed by atoms with Crippen LogP contribution in [0.3, 0.4) is 0 Å². The summed E-state index contributed by atoms with van der Waals surface area (Å²) < 4.78 is 0. The van der Waals surface area contributed by atoms with Crippen molar-refractivity contribution in [2.45, 2.75) is 20.3 Å². The summed E-state index contributed by atoms with van der Waals surface area (Å²) in [5.74, 6) is 0.0558. The number of para-hydroxylation sites is 1. The predicted molar refractivity (Wildman–Crippen MR) is 86.2 cm³/mol. The van der Waals surface area contributed by atoms with Gasteiger partial charge in [-0.15, -0.1) is 0 Å². The second-order valence-electron chi connectivity index (χ2n) is 5.05. The van der Waals surface area contributed by atoms with Gasteiger partial charge in [0.25, 0.3) is 0 Å². The van der Waals surface area contributed by atoms with Gasteiger partial charge in [-0.2, -0.15) is 0 Å². The van der Waals surface area contributed by atoms with Crippen molar-refractivity contribution in [2.75, 3.05) is 26.2 Å². The average Bonchev–Trinajstić information content (AvgIpc) is 2.52. The van der Waals surface area contributed by atoms with E-state index in [2.05, 4.69) is 29.0 Å². The number of benzene rings is 1. The van der Waals surface area contributed by atoms with Crippen LogP contribution in [0.25, 0.3) is 10.9 Å². The number of hydrogen-bond acceptors (Lipinski definition) is 3. The molecule has 21 heavy (non-hydrogen) atoms. The SMILES string of the molecule is CCN(CC)CCNC(=O)Cc1cccc2cccnc12. The molecule has 0 fully saturated rings. The molecule has 0 aliphatic carbocycles. The van der Waals surface area contributed by atoms with Gasteiger partial charge in [0.1, 0.15) is 0 Å². The maximum Gasteiger partial charge on any atom is 0.224 e. The first-order valence-corrected chi connectivity index (χ1v) is 7.56. The molecule has 0 atom stereocenters. The third kappa shape index (κ3) is 4.26. The van der Waals surface area contributed by atoms with Crippen molar-refractivity contribution in [2.24, 2.45) is 0 Å². The fourth-order valence-electron chi connectivity index (χ4n) is 2.44. The number of amides is 1. The van der Waals surface area contributed by atoms with E-state index in [-0.39, 0.29) is 5.91 Å². The van der Waals surface area contributed by atoms with E-state index in [1.807, 2.05) is 30.3 Å². The van der Waals surface area contributed by atoms with Crippen molar-refractivity contribution in [3.63, 3.8) is 0 Å². The molecular weight excluding hydrogens is 262 g/mol. The molecular formula is C17H23N3O. The molecule has 0 spiro atoms. The van der Waals surface area contributed by atoms with Crippen LogP contribution in [0.15, 0.2) is 36.5 Å². The number of nitrogens with zero attached hydrogens (tertiary/aromatic N) is 2. The zero-order chi connectivity index (χ0) is 15.1. The number of nitrogens with one attached hydrogen (secondary N) is 1. The minimum absolute atomic E-state index is 0.0558. The Bertz CT molecular complexity index is 588. The molecule has 1 heterocycles. The zero-order valence-corrected chi connectivity index (χ0v) is 12.8. The van der Waals surface area contributed by atoms with Crippen molar-refractivity contribution >= 4 is 16.8 Å². The van der Waals surface area contributed by atoms with E-state index in [4.69, 9.17) is 0 Å². The maximum atomic E-state index is 12.1. The first-order chi connectivity index (χ1) is 10.2. The molecule has 0 radical (unpaired) electrons. The van der Waals surface area contributed by atoms with Crippen molar-refractivity contribution in [3.8, 4) is 0 Å². The van der Waals surface area contributed by atoms with Gasteiger partial charge in [-0.3, -0.25) is 9.78 Å². The Balaban J connectivity index is 1.93. The number of carbonyl (C=O) groups is 1. The van der Waals surface area contributed by atoms with Crippen LogP contribution < -0.4 is 5.32 Å². The predicted octanol–water partition coefficient (Wildman–Crippen LogP) is 2.24. The van der Waals surface area contributed by atoms with E-state index in [0.29, 0.717) is 13.0 Å². The van der Waals surface area contributed by atoms with Crippen LogP contribution in [0.2, 0.25) is 0 Å². The number of likely N-dealkylation sites (N-methyl/N-ethyl adjacent to an activating group) is 1. The fraction of sp³-hybridized carbons (Fsp3) is 0.412. The molecule has 4 nitrogen and oxygen atoms in total. The number of carbonyl (C=O) groups excluding carboxylic acids is 1. The Morgan fingerprint density at radius 1 is 1.19 bits per heavy atom. The lowest BCUT2D eigenvalue weighted by atomic mass is 10.1. The van der Waals surface area contributed by atoms with Crippen molar-refractivity contribution in [1.29, 1.82) is 0 Å². The Kier molecular flexibility index (Phi) is 5.69. The smallest absolute Gasteiger partial charge is 0.224 e. The van der Waals surface area contributed by atoms with E-state index in [9.17, 15) is 4.79 Å². The monoisotopic (exact) mass is 285 g/mol. The summed E-state index contributed by atoms with van der Waals surface area (Å²) in [5, 5.41) is 4.06. The van der Waals surface area contributed by atoms with E-state index in [0.717, 1.165) is 36.1 Å². The number of pyridine rings is 1. The minimum Gasteiger partial charge on any atom is -0.355 e. The molecule has 0 aliphatic heterocycles. The third-order valence-corrected chi connectivity index (χ3v) is 3.71. The molecule has 0 saturated carbocycles. The molecule has 0 unspecified atom stereocenters. The number of rotatable bonds is 7. The van der Waals surface area contributed by atoms with Crippen LogP contribution >= 0.6 is 0 Å². The van der Waals surface area contributed by atoms with Gasteiger partial charge in [0, 0.05) is 24.7 Å². The normalized spacial score (nSPS) is 11.0. The van der Waals surface area contributed by atoms with Gasteiger partial charge >= 0.3 is 0 Å². The number of hydrogen-bond donors (Lipinski definition) is 1. The summed E-state index contributed by atoms with van der Waals surface area (Å²) in [6.45, 7) is 7.88. The maximum absolute atomic E-state index is 12.1. The standard InChI is InChI=1S/C17H23N3O/c1-3-20(4-2)12-11-18-16(21)13-15-8-5-7-14-9-6-10-19-17(14)15/h5-10H,3-4,11-13H2,1-2H3,(H,18,21). The van der Waals surface area contributed by atoms with Crippen LogP contribution in [0.5, 0.6) is 0 Å². The van der Waals surface area contributed by atoms with Crippen molar-refractivity contribution in [3.05, 3.63) is 42.1 Å². The lowest BCUT2D eigenvalue weighted by Gasteiger charge is -2.18. The third-order valence-electron chi connectivity index (χ3n) is 3.71. The van der Waals surface area contributed by atoms with E-state index >= 15 is 0 Å². The van der Waals surface area contributed by atoms with E-state index in [1.165, 1.54) is 0 Å². The molecule has 0 bridgehead atoms. The highest BCUT2D eigenvalue weighted by Crippen LogP contribution is 2.16. The lowest BCUT2D eigenvalue weighted by Crippen LogP contribution is -2.35. The quantitative estimate of drug-likeness (QED) is 0.848. The van der Waals surface area contributed by atoms with Crippen molar-refractivity contribution in [1.82, 2.24) is 15.2 Å². The molecule has 1 aromatic carbocycles. The molecule has 1 N–H and O–H groups in total. The molecule has 2 aromatic rings. The Labute approximate surface area is 126 Å². The Morgan fingerprint density at radius 3 is 2.71 bits per heavy atom. The minimum atomic E-state index is 0.0558. The highest BCUT2D eigenvalue weighted by Gasteiger charge is 2.08. The Morgan fingerprint density at radius 2 is 1.95 bits per heavy atom. The van der Waals surface area contributed by atoms with Gasteiger partial charge in [-0.05, 0) is 24.7 Å². The number of fused-ring (bicyclic) bond motifs is 1. The molecule has 2 rings (SSSR count). The van der Waals surface area contributed by atoms with E-state index in [1.54, 1.807) is 6.20 Å². The van der Waals surface area contributed by atoms with Crippen LogP contribution in [0.1, 0.15) is 19.4 Å². The summed E-state index contributed by atoms with van der Waals surface area (Å²) in [6.07, 6.45) is 2.15. The molecule has 112 valence electrons. The van der Waals surface area contributed by atoms with Gasteiger partial charge in [0.15, 0.2) is 0 Å². The topological polar surface area (TPSA) is 45.2 Å². The van der Waals surface area contributed by atoms with Gasteiger partial charge in [0.2, 0.25) is 5.91 Å². The molecule has 0 aliphatic rings. The molecule has 4 heteroatoms. The second-order valence-corrected chi connectivity index (χ2v) is 5.05. The molecule has 1 amide bonds. The van der Waals surface area contributed by atoms with Crippen LogP contribution in [0, 0.1) is 0 Å². The summed E-state index contributed by atoms with van der Waals surface area (Å²) in [7, 11) is 0. The first-order valence-electron chi connectivity index (χ1n) is 7.56. The highest BCUT2D eigenvalue weighted by atomic mass is 16.1. The molecule has 1 aromatic heterocycles. The first kappa shape index (κ1) is 15.4. The van der Waals surface area contributed by atoms with Crippen LogP contribution in [0.4, 0.5) is 0 Å². The zero-order valence-electron chi connectivity index (χ0n) is 12.8. The summed E-state index contributed by atoms with van der Waals surface area (Å²) >= 11 is 0. The lowest BCUT2D eigenvalue weighted by molar-refractivity contribution is -0.120.